The highest BCUT2D eigenvalue weighted by Crippen LogP contribution is 2.23. The van der Waals surface area contributed by atoms with E-state index in [2.05, 4.69) is 10.4 Å². The number of primary amides is 1. The molecule has 2 aromatic rings. The van der Waals surface area contributed by atoms with Crippen molar-refractivity contribution in [3.63, 3.8) is 0 Å². The molecule has 0 aliphatic rings. The van der Waals surface area contributed by atoms with Gasteiger partial charge in [-0.25, -0.2) is 4.68 Å². The van der Waals surface area contributed by atoms with Crippen LogP contribution >= 0.6 is 0 Å². The summed E-state index contributed by atoms with van der Waals surface area (Å²) >= 11 is 0. The lowest BCUT2D eigenvalue weighted by Crippen LogP contribution is -2.09. The van der Waals surface area contributed by atoms with Crippen LogP contribution in [0, 0.1) is 10.1 Å². The van der Waals surface area contributed by atoms with E-state index in [9.17, 15) is 14.9 Å². The third-order valence-corrected chi connectivity index (χ3v) is 2.82. The topological polar surface area (TPSA) is 116 Å². The summed E-state index contributed by atoms with van der Waals surface area (Å²) in [7, 11) is 0. The molecular weight excluding hydrogens is 274 g/mol. The molecule has 21 heavy (non-hydrogen) atoms. The number of nitrogens with zero attached hydrogens (tertiary/aromatic N) is 3. The zero-order chi connectivity index (χ0) is 15.4. The number of anilines is 1. The molecule has 8 heteroatoms. The number of hydrogen-bond acceptors (Lipinski definition) is 5. The van der Waals surface area contributed by atoms with Gasteiger partial charge in [0, 0.05) is 30.6 Å². The Hall–Kier alpha value is -2.90. The molecule has 0 spiro atoms. The third kappa shape index (κ3) is 3.35. The van der Waals surface area contributed by atoms with E-state index in [1.54, 1.807) is 6.07 Å². The van der Waals surface area contributed by atoms with Crippen molar-refractivity contribution in [3.8, 4) is 5.69 Å². The molecule has 3 N–H and O–H groups in total. The maximum Gasteiger partial charge on any atom is 0.273 e. The Balaban J connectivity index is 2.42. The number of nitrogens with two attached hydrogens (primary N) is 1. The first-order chi connectivity index (χ1) is 10.0. The van der Waals surface area contributed by atoms with Gasteiger partial charge < -0.3 is 11.1 Å². The van der Waals surface area contributed by atoms with Crippen LogP contribution in [0.4, 0.5) is 11.4 Å². The molecule has 0 saturated heterocycles. The highest BCUT2D eigenvalue weighted by atomic mass is 16.6. The van der Waals surface area contributed by atoms with Crippen molar-refractivity contribution in [1.29, 1.82) is 0 Å². The van der Waals surface area contributed by atoms with Crippen LogP contribution in [-0.4, -0.2) is 27.2 Å². The molecule has 8 nitrogen and oxygen atoms in total. The number of non-ortho nitro benzene ring substituents is 1. The fourth-order valence-electron chi connectivity index (χ4n) is 1.80. The van der Waals surface area contributed by atoms with Crippen LogP contribution in [0.1, 0.15) is 23.7 Å². The number of carbonyl (C=O) groups excluding carboxylic acids is 1. The van der Waals surface area contributed by atoms with Crippen LogP contribution in [-0.2, 0) is 0 Å². The van der Waals surface area contributed by atoms with Crippen LogP contribution in [0.15, 0.2) is 30.6 Å². The molecular formula is C13H15N5O3. The second-order valence-electron chi connectivity index (χ2n) is 4.46. The average Bonchev–Trinajstić information content (AvgIpc) is 2.94. The van der Waals surface area contributed by atoms with Gasteiger partial charge in [-0.15, -0.1) is 0 Å². The van der Waals surface area contributed by atoms with Gasteiger partial charge in [-0.2, -0.15) is 5.10 Å². The number of benzene rings is 1. The van der Waals surface area contributed by atoms with Gasteiger partial charge in [0.15, 0.2) is 0 Å². The summed E-state index contributed by atoms with van der Waals surface area (Å²) in [6.07, 6.45) is 3.65. The first kappa shape index (κ1) is 14.5. The van der Waals surface area contributed by atoms with Crippen molar-refractivity contribution in [3.05, 3.63) is 46.3 Å². The van der Waals surface area contributed by atoms with Gasteiger partial charge in [0.1, 0.15) is 0 Å². The molecule has 2 rings (SSSR count). The zero-order valence-electron chi connectivity index (χ0n) is 11.4. The minimum Gasteiger partial charge on any atom is -0.385 e. The number of nitro benzene ring substituents is 1. The van der Waals surface area contributed by atoms with Crippen molar-refractivity contribution in [2.45, 2.75) is 13.3 Å². The normalized spacial score (nSPS) is 10.3. The number of aromatic nitrogens is 2. The maximum atomic E-state index is 11.1. The van der Waals surface area contributed by atoms with Gasteiger partial charge in [0.2, 0.25) is 0 Å². The van der Waals surface area contributed by atoms with Crippen LogP contribution in [0.5, 0.6) is 0 Å². The summed E-state index contributed by atoms with van der Waals surface area (Å²) in [4.78, 5) is 21.6. The van der Waals surface area contributed by atoms with Crippen LogP contribution in [0.2, 0.25) is 0 Å². The molecule has 1 heterocycles. The Labute approximate surface area is 120 Å². The Morgan fingerprint density at radius 2 is 2.24 bits per heavy atom. The Kier molecular flexibility index (Phi) is 4.17. The minimum absolute atomic E-state index is 0.0535. The number of carbonyl (C=O) groups is 1. The van der Waals surface area contributed by atoms with E-state index >= 15 is 0 Å². The van der Waals surface area contributed by atoms with Crippen LogP contribution < -0.4 is 11.1 Å². The summed E-state index contributed by atoms with van der Waals surface area (Å²) in [5.74, 6) is -0.601. The fourth-order valence-corrected chi connectivity index (χ4v) is 1.80. The highest BCUT2D eigenvalue weighted by molar-refractivity contribution is 5.92. The van der Waals surface area contributed by atoms with Crippen LogP contribution in [0.25, 0.3) is 5.69 Å². The number of amides is 1. The number of hydrogen-bond donors (Lipinski definition) is 2. The lowest BCUT2D eigenvalue weighted by Gasteiger charge is -2.08. The third-order valence-electron chi connectivity index (χ3n) is 2.82. The van der Waals surface area contributed by atoms with Gasteiger partial charge >= 0.3 is 0 Å². The quantitative estimate of drug-likeness (QED) is 0.620. The predicted molar refractivity (Wildman–Crippen MR) is 77.5 cm³/mol. The smallest absolute Gasteiger partial charge is 0.273 e. The Bertz CT molecular complexity index is 680. The molecule has 1 amide bonds. The first-order valence-electron chi connectivity index (χ1n) is 6.39. The molecule has 110 valence electrons. The van der Waals surface area contributed by atoms with E-state index in [0.717, 1.165) is 6.42 Å². The Morgan fingerprint density at radius 3 is 2.81 bits per heavy atom. The number of rotatable bonds is 6. The summed E-state index contributed by atoms with van der Waals surface area (Å²) in [6.45, 7) is 2.70. The van der Waals surface area contributed by atoms with E-state index in [-0.39, 0.29) is 11.3 Å². The molecule has 0 bridgehead atoms. The van der Waals surface area contributed by atoms with Crippen LogP contribution in [0.3, 0.4) is 0 Å². The lowest BCUT2D eigenvalue weighted by molar-refractivity contribution is -0.384. The van der Waals surface area contributed by atoms with Gasteiger partial charge in [0.25, 0.3) is 11.6 Å². The summed E-state index contributed by atoms with van der Waals surface area (Å²) < 4.78 is 1.38. The molecule has 1 aromatic heterocycles. The fraction of sp³-hybridized carbons (Fsp3) is 0.231. The highest BCUT2D eigenvalue weighted by Gasteiger charge is 2.12. The van der Waals surface area contributed by atoms with Gasteiger partial charge in [-0.05, 0) is 12.5 Å². The molecule has 0 unspecified atom stereocenters. The van der Waals surface area contributed by atoms with Crippen molar-refractivity contribution >= 4 is 17.3 Å². The van der Waals surface area contributed by atoms with Crippen molar-refractivity contribution in [2.75, 3.05) is 11.9 Å². The Morgan fingerprint density at radius 1 is 1.48 bits per heavy atom. The van der Waals surface area contributed by atoms with Crippen molar-refractivity contribution < 1.29 is 9.72 Å². The second kappa shape index (κ2) is 6.04. The van der Waals surface area contributed by atoms with Crippen molar-refractivity contribution in [2.24, 2.45) is 5.73 Å². The molecule has 0 fully saturated rings. The predicted octanol–water partition coefficient (Wildman–Crippen LogP) is 1.70. The summed E-state index contributed by atoms with van der Waals surface area (Å²) in [5.41, 5.74) is 6.46. The molecule has 0 saturated carbocycles. The summed E-state index contributed by atoms with van der Waals surface area (Å²) in [6, 6.07) is 4.56. The lowest BCUT2D eigenvalue weighted by atomic mass is 10.2. The molecule has 0 atom stereocenters. The van der Waals surface area contributed by atoms with Crippen molar-refractivity contribution in [1.82, 2.24) is 9.78 Å². The van der Waals surface area contributed by atoms with E-state index in [0.29, 0.717) is 17.9 Å². The minimum atomic E-state index is -0.601. The monoisotopic (exact) mass is 289 g/mol. The standard InChI is InChI=1S/C13H15N5O3/c1-2-3-15-10-4-11(6-12(5-10)18(20)21)17-8-9(7-16-17)13(14)19/h4-8,15H,2-3H2,1H3,(H2,14,19). The van der Waals surface area contributed by atoms with E-state index in [1.165, 1.54) is 29.2 Å². The second-order valence-corrected chi connectivity index (χ2v) is 4.46. The molecule has 0 aliphatic heterocycles. The average molecular weight is 289 g/mol. The largest absolute Gasteiger partial charge is 0.385 e. The SMILES string of the molecule is CCCNc1cc(-n2cc(C(N)=O)cn2)cc([N+](=O)[O-])c1. The van der Waals surface area contributed by atoms with Gasteiger partial charge in [-0.3, -0.25) is 14.9 Å². The molecule has 0 radical (unpaired) electrons. The van der Waals surface area contributed by atoms with Gasteiger partial charge in [-0.1, -0.05) is 6.92 Å². The molecule has 0 aliphatic carbocycles. The van der Waals surface area contributed by atoms with E-state index in [4.69, 9.17) is 5.73 Å². The first-order valence-corrected chi connectivity index (χ1v) is 6.39. The zero-order valence-corrected chi connectivity index (χ0v) is 11.4. The molecule has 1 aromatic carbocycles. The van der Waals surface area contributed by atoms with E-state index < -0.39 is 10.8 Å². The number of nitrogens with one attached hydrogen (secondary N) is 1. The van der Waals surface area contributed by atoms with Gasteiger partial charge in [0.05, 0.1) is 22.4 Å². The van der Waals surface area contributed by atoms with E-state index in [1.807, 2.05) is 6.92 Å². The summed E-state index contributed by atoms with van der Waals surface area (Å²) in [5, 5.41) is 18.1. The maximum absolute atomic E-state index is 11.1. The number of nitro groups is 1.